The Kier molecular flexibility index (Phi) is 6.67. The molecule has 5 rings (SSSR count). The van der Waals surface area contributed by atoms with Crippen molar-refractivity contribution in [1.82, 2.24) is 4.57 Å². The van der Waals surface area contributed by atoms with E-state index in [0.717, 1.165) is 5.56 Å². The van der Waals surface area contributed by atoms with Crippen molar-refractivity contribution in [2.24, 2.45) is 4.99 Å². The molecule has 8 heteroatoms. The number of thiazole rings is 1. The van der Waals surface area contributed by atoms with Crippen LogP contribution in [0.15, 0.2) is 94.2 Å². The predicted molar refractivity (Wildman–Crippen MR) is 139 cm³/mol. The number of benzene rings is 3. The largest absolute Gasteiger partial charge is 0.463 e. The number of hydrogen-bond acceptors (Lipinski definition) is 5. The smallest absolute Gasteiger partial charge is 0.338 e. The molecule has 1 aromatic heterocycles. The van der Waals surface area contributed by atoms with Crippen molar-refractivity contribution in [2.45, 2.75) is 13.0 Å². The number of fused-ring (bicyclic) bond motifs is 1. The highest BCUT2D eigenvalue weighted by atomic mass is 35.5. The summed E-state index contributed by atoms with van der Waals surface area (Å²) in [6, 6.07) is 21.3. The molecule has 0 aliphatic carbocycles. The fourth-order valence-electron chi connectivity index (χ4n) is 4.11. The third-order valence-electron chi connectivity index (χ3n) is 5.73. The van der Waals surface area contributed by atoms with Crippen LogP contribution in [-0.2, 0) is 9.53 Å². The van der Waals surface area contributed by atoms with Crippen molar-refractivity contribution in [3.63, 3.8) is 0 Å². The van der Waals surface area contributed by atoms with Crippen molar-refractivity contribution in [3.05, 3.63) is 132 Å². The maximum Gasteiger partial charge on any atom is 0.338 e. The third kappa shape index (κ3) is 4.55. The molecule has 180 valence electrons. The lowest BCUT2D eigenvalue weighted by Crippen LogP contribution is -2.40. The number of ether oxygens (including phenoxy) is 1. The lowest BCUT2D eigenvalue weighted by atomic mass is 9.93. The van der Waals surface area contributed by atoms with E-state index in [0.29, 0.717) is 31.2 Å². The summed E-state index contributed by atoms with van der Waals surface area (Å²) in [5.41, 5.74) is 2.42. The molecule has 4 aromatic rings. The molecule has 36 heavy (non-hydrogen) atoms. The molecule has 0 spiro atoms. The van der Waals surface area contributed by atoms with E-state index in [2.05, 4.69) is 0 Å². The summed E-state index contributed by atoms with van der Waals surface area (Å²) in [6.07, 6.45) is 1.76. The van der Waals surface area contributed by atoms with Gasteiger partial charge in [-0.15, -0.1) is 0 Å². The van der Waals surface area contributed by atoms with Gasteiger partial charge in [-0.05, 0) is 48.4 Å². The van der Waals surface area contributed by atoms with Gasteiger partial charge in [0.15, 0.2) is 4.80 Å². The Morgan fingerprint density at radius 3 is 2.44 bits per heavy atom. The highest BCUT2D eigenvalue weighted by Gasteiger charge is 2.35. The third-order valence-corrected chi connectivity index (χ3v) is 6.96. The fraction of sp³-hybridized carbons (Fsp3) is 0.107. The first kappa shape index (κ1) is 23.9. The van der Waals surface area contributed by atoms with E-state index in [-0.39, 0.29) is 17.7 Å². The summed E-state index contributed by atoms with van der Waals surface area (Å²) in [7, 11) is 0. The highest BCUT2D eigenvalue weighted by molar-refractivity contribution is 7.07. The summed E-state index contributed by atoms with van der Waals surface area (Å²) < 4.78 is 21.2. The minimum Gasteiger partial charge on any atom is -0.463 e. The van der Waals surface area contributed by atoms with Gasteiger partial charge in [0.25, 0.3) is 5.56 Å². The second kappa shape index (κ2) is 10.0. The second-order valence-electron chi connectivity index (χ2n) is 8.03. The topological polar surface area (TPSA) is 60.7 Å². The molecule has 2 heterocycles. The molecule has 1 aliphatic rings. The fourth-order valence-corrected chi connectivity index (χ4v) is 5.24. The normalized spacial score (nSPS) is 15.4. The molecule has 0 fully saturated rings. The molecule has 0 saturated heterocycles. The lowest BCUT2D eigenvalue weighted by Gasteiger charge is -2.25. The van der Waals surface area contributed by atoms with Gasteiger partial charge in [0.1, 0.15) is 5.82 Å². The first-order valence-corrected chi connectivity index (χ1v) is 12.4. The van der Waals surface area contributed by atoms with Gasteiger partial charge in [-0.2, -0.15) is 0 Å². The number of aromatic nitrogens is 1. The Balaban J connectivity index is 1.82. The van der Waals surface area contributed by atoms with Gasteiger partial charge in [0.05, 0.1) is 28.5 Å². The molecule has 1 unspecified atom stereocenters. The van der Waals surface area contributed by atoms with Crippen molar-refractivity contribution in [2.75, 3.05) is 6.61 Å². The predicted octanol–water partition coefficient (Wildman–Crippen LogP) is 4.73. The second-order valence-corrected chi connectivity index (χ2v) is 9.48. The van der Waals surface area contributed by atoms with Crippen molar-refractivity contribution < 1.29 is 13.9 Å². The van der Waals surface area contributed by atoms with Gasteiger partial charge >= 0.3 is 5.97 Å². The number of halogens is 2. The van der Waals surface area contributed by atoms with E-state index < -0.39 is 17.8 Å². The Labute approximate surface area is 215 Å². The first-order chi connectivity index (χ1) is 17.5. The minimum atomic E-state index is -0.844. The maximum absolute atomic E-state index is 13.8. The van der Waals surface area contributed by atoms with Gasteiger partial charge in [-0.25, -0.2) is 14.2 Å². The average Bonchev–Trinajstić information content (AvgIpc) is 3.20. The van der Waals surface area contributed by atoms with Crippen LogP contribution < -0.4 is 14.9 Å². The summed E-state index contributed by atoms with van der Waals surface area (Å²) in [5, 5.41) is 0.594. The van der Waals surface area contributed by atoms with E-state index in [9.17, 15) is 14.0 Å². The lowest BCUT2D eigenvalue weighted by molar-refractivity contribution is -0.138. The van der Waals surface area contributed by atoms with Crippen LogP contribution in [0.4, 0.5) is 4.39 Å². The molecule has 0 N–H and O–H groups in total. The van der Waals surface area contributed by atoms with E-state index in [1.54, 1.807) is 37.3 Å². The zero-order valence-corrected chi connectivity index (χ0v) is 20.7. The minimum absolute atomic E-state index is 0.154. The molecule has 0 bridgehead atoms. The number of carbonyl (C=O) groups excluding carboxylic acids is 1. The van der Waals surface area contributed by atoms with E-state index >= 15 is 0 Å². The zero-order chi connectivity index (χ0) is 25.2. The van der Waals surface area contributed by atoms with Crippen molar-refractivity contribution >= 4 is 40.7 Å². The Bertz CT molecular complexity index is 1640. The first-order valence-electron chi connectivity index (χ1n) is 11.3. The van der Waals surface area contributed by atoms with Crippen molar-refractivity contribution in [3.8, 4) is 0 Å². The van der Waals surface area contributed by atoms with Gasteiger partial charge in [-0.3, -0.25) is 9.36 Å². The summed E-state index contributed by atoms with van der Waals surface area (Å²) in [4.78, 5) is 32.3. The zero-order valence-electron chi connectivity index (χ0n) is 19.2. The average molecular weight is 519 g/mol. The molecule has 5 nitrogen and oxygen atoms in total. The van der Waals surface area contributed by atoms with Crippen molar-refractivity contribution in [1.29, 1.82) is 0 Å². The molecule has 0 amide bonds. The maximum atomic E-state index is 13.8. The van der Waals surface area contributed by atoms with E-state index in [1.165, 1.54) is 28.0 Å². The van der Waals surface area contributed by atoms with E-state index in [1.807, 2.05) is 42.5 Å². The number of carbonyl (C=O) groups is 1. The molecule has 3 aromatic carbocycles. The van der Waals surface area contributed by atoms with Crippen LogP contribution in [0.25, 0.3) is 11.8 Å². The van der Waals surface area contributed by atoms with Gasteiger partial charge < -0.3 is 4.74 Å². The van der Waals surface area contributed by atoms with Gasteiger partial charge in [-0.1, -0.05) is 77.5 Å². The van der Waals surface area contributed by atoms with Gasteiger partial charge in [0.2, 0.25) is 0 Å². The quantitative estimate of drug-likeness (QED) is 0.359. The number of nitrogens with zero attached hydrogens (tertiary/aromatic N) is 2. The van der Waals surface area contributed by atoms with Crippen LogP contribution in [0.5, 0.6) is 0 Å². The van der Waals surface area contributed by atoms with Crippen LogP contribution in [0.3, 0.4) is 0 Å². The Morgan fingerprint density at radius 1 is 1.08 bits per heavy atom. The van der Waals surface area contributed by atoms with Gasteiger partial charge in [0, 0.05) is 10.6 Å². The van der Waals surface area contributed by atoms with Crippen LogP contribution in [0.2, 0.25) is 5.02 Å². The molecule has 1 atom stereocenters. The molecule has 0 radical (unpaired) electrons. The molecular weight excluding hydrogens is 499 g/mol. The van der Waals surface area contributed by atoms with E-state index in [4.69, 9.17) is 21.3 Å². The van der Waals surface area contributed by atoms with Crippen LogP contribution in [-0.4, -0.2) is 17.1 Å². The number of esters is 1. The SMILES string of the molecule is CCOC(=O)C1=C(c2ccccc2)N=c2s/c(=C\c3ccc(Cl)cc3)c(=O)n2C1c1ccc(F)cc1. The number of rotatable bonds is 5. The molecule has 0 saturated carbocycles. The summed E-state index contributed by atoms with van der Waals surface area (Å²) in [6.45, 7) is 1.87. The Hall–Kier alpha value is -3.81. The van der Waals surface area contributed by atoms with Crippen LogP contribution in [0.1, 0.15) is 29.7 Å². The standard InChI is InChI=1S/C28H20ClFN2O3S/c1-2-35-27(34)23-24(18-6-4-3-5-7-18)31-28-32(25(23)19-10-14-21(30)15-11-19)26(33)22(36-28)16-17-8-12-20(29)13-9-17/h3-16,25H,2H2,1H3/b22-16-. The molecular formula is C28H20ClFN2O3S. The molecule has 1 aliphatic heterocycles. The number of hydrogen-bond donors (Lipinski definition) is 0. The Morgan fingerprint density at radius 2 is 1.78 bits per heavy atom. The summed E-state index contributed by atoms with van der Waals surface area (Å²) >= 11 is 7.23. The monoisotopic (exact) mass is 518 g/mol. The van der Waals surface area contributed by atoms with Crippen LogP contribution >= 0.6 is 22.9 Å². The summed E-state index contributed by atoms with van der Waals surface area (Å²) in [5.74, 6) is -1.000. The highest BCUT2D eigenvalue weighted by Crippen LogP contribution is 2.35. The van der Waals surface area contributed by atoms with Crippen LogP contribution in [0, 0.1) is 5.82 Å².